The van der Waals surface area contributed by atoms with Crippen molar-refractivity contribution in [2.24, 2.45) is 17.3 Å². The van der Waals surface area contributed by atoms with Crippen LogP contribution in [0.2, 0.25) is 0 Å². The van der Waals surface area contributed by atoms with Crippen molar-refractivity contribution in [3.05, 3.63) is 39.5 Å². The summed E-state index contributed by atoms with van der Waals surface area (Å²) in [6.07, 6.45) is 10.5. The molecular weight excluding hydrogens is 314 g/mol. The van der Waals surface area contributed by atoms with Gasteiger partial charge in [0.1, 0.15) is 0 Å². The highest BCUT2D eigenvalue weighted by molar-refractivity contribution is 5.54. The third-order valence-corrected chi connectivity index (χ3v) is 5.70. The van der Waals surface area contributed by atoms with Gasteiger partial charge in [-0.25, -0.2) is 0 Å². The maximum Gasteiger partial charge on any atom is 0.0510 e. The second-order valence-electron chi connectivity index (χ2n) is 10.3. The van der Waals surface area contributed by atoms with Crippen molar-refractivity contribution >= 4 is 12.2 Å². The fourth-order valence-electron chi connectivity index (χ4n) is 3.90. The van der Waals surface area contributed by atoms with Crippen LogP contribution in [0.3, 0.4) is 0 Å². The average Bonchev–Trinajstić information content (AvgIpc) is 2.63. The van der Waals surface area contributed by atoms with Gasteiger partial charge in [-0.1, -0.05) is 93.5 Å². The van der Waals surface area contributed by atoms with Crippen LogP contribution in [0.4, 0.5) is 0 Å². The van der Waals surface area contributed by atoms with Crippen molar-refractivity contribution in [1.29, 1.82) is 0 Å². The van der Waals surface area contributed by atoms with E-state index in [0.717, 1.165) is 6.42 Å². The van der Waals surface area contributed by atoms with Gasteiger partial charge >= 0.3 is 0 Å². The van der Waals surface area contributed by atoms with E-state index in [1.54, 1.807) is 0 Å². The number of aromatic nitrogens is 1. The first-order valence-electron chi connectivity index (χ1n) is 10.3. The molecule has 144 valence electrons. The molecule has 0 spiro atoms. The second-order valence-corrected chi connectivity index (χ2v) is 10.3. The first-order valence-corrected chi connectivity index (χ1v) is 10.3. The summed E-state index contributed by atoms with van der Waals surface area (Å²) in [7, 11) is 0. The fraction of sp³-hybridized carbons (Fsp3) is 0.640. The largest absolute Gasteiger partial charge is 0.257 e. The molecule has 0 aromatic carbocycles. The van der Waals surface area contributed by atoms with Crippen LogP contribution >= 0.6 is 0 Å². The molecule has 26 heavy (non-hydrogen) atoms. The lowest BCUT2D eigenvalue weighted by molar-refractivity contribution is 0.408. The molecule has 0 radical (unpaired) electrons. The van der Waals surface area contributed by atoms with E-state index in [4.69, 9.17) is 4.98 Å². The van der Waals surface area contributed by atoms with E-state index in [1.807, 2.05) is 0 Å². The van der Waals surface area contributed by atoms with Crippen LogP contribution in [-0.2, 0) is 11.8 Å². The van der Waals surface area contributed by atoms with Gasteiger partial charge in [0.15, 0.2) is 0 Å². The predicted octanol–water partition coefficient (Wildman–Crippen LogP) is 5.49. The number of rotatable bonds is 4. The summed E-state index contributed by atoms with van der Waals surface area (Å²) in [5.41, 5.74) is 4.12. The zero-order chi connectivity index (χ0) is 19.9. The average molecular weight is 354 g/mol. The molecular formula is C25H39N. The van der Waals surface area contributed by atoms with E-state index < -0.39 is 0 Å². The maximum absolute atomic E-state index is 5.24. The van der Waals surface area contributed by atoms with Gasteiger partial charge in [-0.15, -0.1) is 0 Å². The molecule has 1 nitrogen and oxygen atoms in total. The minimum Gasteiger partial charge on any atom is -0.257 e. The topological polar surface area (TPSA) is 12.9 Å². The Hall–Kier alpha value is -1.37. The van der Waals surface area contributed by atoms with Crippen molar-refractivity contribution in [2.45, 2.75) is 87.0 Å². The molecule has 2 rings (SSSR count). The summed E-state index contributed by atoms with van der Waals surface area (Å²) in [5, 5.41) is 2.76. The lowest BCUT2D eigenvalue weighted by atomic mass is 9.76. The molecule has 0 amide bonds. The van der Waals surface area contributed by atoms with E-state index in [-0.39, 0.29) is 10.8 Å². The van der Waals surface area contributed by atoms with Crippen LogP contribution in [0.1, 0.15) is 92.1 Å². The van der Waals surface area contributed by atoms with Gasteiger partial charge in [0.25, 0.3) is 0 Å². The molecule has 0 saturated carbocycles. The summed E-state index contributed by atoms with van der Waals surface area (Å²) in [6, 6.07) is 0. The minimum atomic E-state index is 0.0620. The number of hydrogen-bond donors (Lipinski definition) is 0. The monoisotopic (exact) mass is 353 g/mol. The molecule has 0 fully saturated rings. The summed E-state index contributed by atoms with van der Waals surface area (Å²) >= 11 is 0. The Labute approximate surface area is 161 Å². The van der Waals surface area contributed by atoms with Crippen molar-refractivity contribution in [3.63, 3.8) is 0 Å². The SMILES string of the molecule is CC(C)Cc1nc(C(C)C)c2c(c1C(C)(C)C)=CC(C)(C(C)C)C=CC=2. The van der Waals surface area contributed by atoms with Crippen LogP contribution in [-0.4, -0.2) is 4.98 Å². The molecule has 1 aliphatic rings. The Morgan fingerprint density at radius 3 is 2.08 bits per heavy atom. The van der Waals surface area contributed by atoms with E-state index in [9.17, 15) is 0 Å². The number of nitrogens with zero attached hydrogens (tertiary/aromatic N) is 1. The molecule has 1 heterocycles. The standard InChI is InChI=1S/C25H39N/c1-16(2)14-21-22(24(7,8)9)20-15-25(10,18(5)6)13-11-12-19(20)23(26-21)17(3)4/h11-13,15-18H,14H2,1-10H3. The molecule has 1 aromatic rings. The maximum atomic E-state index is 5.24. The Balaban J connectivity index is 3.04. The summed E-state index contributed by atoms with van der Waals surface area (Å²) in [4.78, 5) is 5.24. The van der Waals surface area contributed by atoms with Crippen molar-refractivity contribution in [1.82, 2.24) is 4.98 Å². The van der Waals surface area contributed by atoms with Gasteiger partial charge in [-0.2, -0.15) is 0 Å². The third kappa shape index (κ3) is 4.13. The Morgan fingerprint density at radius 2 is 1.62 bits per heavy atom. The molecule has 0 bridgehead atoms. The van der Waals surface area contributed by atoms with Crippen molar-refractivity contribution in [2.75, 3.05) is 0 Å². The Bertz CT molecular complexity index is 800. The van der Waals surface area contributed by atoms with Gasteiger partial charge in [0.2, 0.25) is 0 Å². The fourth-order valence-corrected chi connectivity index (χ4v) is 3.90. The van der Waals surface area contributed by atoms with Crippen LogP contribution in [0.5, 0.6) is 0 Å². The quantitative estimate of drug-likeness (QED) is 0.697. The molecule has 1 aromatic heterocycles. The van der Waals surface area contributed by atoms with Crippen molar-refractivity contribution in [3.8, 4) is 0 Å². The molecule has 1 atom stereocenters. The van der Waals surface area contributed by atoms with Gasteiger partial charge < -0.3 is 0 Å². The highest BCUT2D eigenvalue weighted by atomic mass is 14.7. The highest BCUT2D eigenvalue weighted by Gasteiger charge is 2.28. The molecule has 0 N–H and O–H groups in total. The van der Waals surface area contributed by atoms with Crippen LogP contribution in [0, 0.1) is 17.3 Å². The first kappa shape index (κ1) is 20.9. The Kier molecular flexibility index (Phi) is 5.90. The lowest BCUT2D eigenvalue weighted by Crippen LogP contribution is -2.41. The molecule has 1 heteroatoms. The van der Waals surface area contributed by atoms with E-state index in [1.165, 1.54) is 27.4 Å². The van der Waals surface area contributed by atoms with E-state index >= 15 is 0 Å². The minimum absolute atomic E-state index is 0.0620. The van der Waals surface area contributed by atoms with Crippen LogP contribution in [0.15, 0.2) is 12.2 Å². The van der Waals surface area contributed by atoms with Crippen LogP contribution in [0.25, 0.3) is 12.2 Å². The Morgan fingerprint density at radius 1 is 1.00 bits per heavy atom. The van der Waals surface area contributed by atoms with Gasteiger partial charge in [0, 0.05) is 16.3 Å². The third-order valence-electron chi connectivity index (χ3n) is 5.70. The zero-order valence-corrected chi connectivity index (χ0v) is 18.7. The molecule has 0 saturated heterocycles. The summed E-state index contributed by atoms with van der Waals surface area (Å²) in [6.45, 7) is 23.1. The number of fused-ring (bicyclic) bond motifs is 1. The number of allylic oxidation sites excluding steroid dienone is 2. The predicted molar refractivity (Wildman–Crippen MR) is 116 cm³/mol. The summed E-state index contributed by atoms with van der Waals surface area (Å²) < 4.78 is 0. The number of hydrogen-bond acceptors (Lipinski definition) is 1. The van der Waals surface area contributed by atoms with Crippen LogP contribution < -0.4 is 10.4 Å². The molecule has 1 aliphatic carbocycles. The number of pyridine rings is 1. The van der Waals surface area contributed by atoms with Crippen molar-refractivity contribution < 1.29 is 0 Å². The molecule has 1 unspecified atom stereocenters. The van der Waals surface area contributed by atoms with Gasteiger partial charge in [-0.05, 0) is 40.4 Å². The van der Waals surface area contributed by atoms with E-state index in [2.05, 4.69) is 93.5 Å². The van der Waals surface area contributed by atoms with Gasteiger partial charge in [0.05, 0.1) is 5.69 Å². The highest BCUT2D eigenvalue weighted by Crippen LogP contribution is 2.32. The molecule has 0 aliphatic heterocycles. The first-order chi connectivity index (χ1) is 11.9. The summed E-state index contributed by atoms with van der Waals surface area (Å²) in [5.74, 6) is 1.58. The van der Waals surface area contributed by atoms with E-state index in [0.29, 0.717) is 17.8 Å². The zero-order valence-electron chi connectivity index (χ0n) is 18.7. The smallest absolute Gasteiger partial charge is 0.0510 e. The lowest BCUT2D eigenvalue weighted by Gasteiger charge is -2.29. The second kappa shape index (κ2) is 7.33. The normalized spacial score (nSPS) is 20.2. The van der Waals surface area contributed by atoms with Gasteiger partial charge in [-0.3, -0.25) is 4.98 Å².